The normalized spacial score (nSPS) is 19.1. The van der Waals surface area contributed by atoms with Crippen LogP contribution in [0.2, 0.25) is 0 Å². The summed E-state index contributed by atoms with van der Waals surface area (Å²) >= 11 is 0. The van der Waals surface area contributed by atoms with Crippen LogP contribution in [0.25, 0.3) is 0 Å². The van der Waals surface area contributed by atoms with E-state index in [1.807, 2.05) is 0 Å². The first-order chi connectivity index (χ1) is 12.9. The second kappa shape index (κ2) is 7.61. The van der Waals surface area contributed by atoms with Gasteiger partial charge < -0.3 is 19.5 Å². The predicted molar refractivity (Wildman–Crippen MR) is 91.5 cm³/mol. The van der Waals surface area contributed by atoms with E-state index in [-0.39, 0.29) is 0 Å². The summed E-state index contributed by atoms with van der Waals surface area (Å²) < 4.78 is 43.5. The van der Waals surface area contributed by atoms with Gasteiger partial charge in [0.1, 0.15) is 23.4 Å². The summed E-state index contributed by atoms with van der Waals surface area (Å²) in [5.74, 6) is -2.70. The van der Waals surface area contributed by atoms with E-state index in [4.69, 9.17) is 14.2 Å². The number of hydrogen-bond donors (Lipinski definition) is 1. The van der Waals surface area contributed by atoms with Gasteiger partial charge in [0.15, 0.2) is 17.6 Å². The number of hydrogen-bond acceptors (Lipinski definition) is 5. The SMILES string of the molecule is CC(OC(=O)C1Oc2ccccc2OC1C)C(=O)Nc1c(F)cccc1F. The highest BCUT2D eigenvalue weighted by Gasteiger charge is 2.37. The van der Waals surface area contributed by atoms with Gasteiger partial charge in [0.05, 0.1) is 0 Å². The van der Waals surface area contributed by atoms with Gasteiger partial charge in [0.25, 0.3) is 5.91 Å². The van der Waals surface area contributed by atoms with Gasteiger partial charge in [-0.2, -0.15) is 0 Å². The molecule has 6 nitrogen and oxygen atoms in total. The molecule has 2 aromatic carbocycles. The van der Waals surface area contributed by atoms with Gasteiger partial charge in [-0.1, -0.05) is 18.2 Å². The number of para-hydroxylation sites is 3. The molecule has 1 heterocycles. The number of benzene rings is 2. The molecule has 1 aliphatic heterocycles. The largest absolute Gasteiger partial charge is 0.482 e. The van der Waals surface area contributed by atoms with Crippen molar-refractivity contribution >= 4 is 17.6 Å². The molecule has 0 spiro atoms. The summed E-state index contributed by atoms with van der Waals surface area (Å²) in [5.41, 5.74) is -0.607. The van der Waals surface area contributed by atoms with Gasteiger partial charge in [0.2, 0.25) is 6.10 Å². The molecule has 2 aromatic rings. The van der Waals surface area contributed by atoms with E-state index in [0.29, 0.717) is 11.5 Å². The molecule has 0 bridgehead atoms. The van der Waals surface area contributed by atoms with Crippen LogP contribution in [0.1, 0.15) is 13.8 Å². The lowest BCUT2D eigenvalue weighted by atomic mass is 10.2. The lowest BCUT2D eigenvalue weighted by molar-refractivity contribution is -0.165. The summed E-state index contributed by atoms with van der Waals surface area (Å²) in [6.45, 7) is 2.91. The Kier molecular flexibility index (Phi) is 5.25. The molecule has 3 atom stereocenters. The van der Waals surface area contributed by atoms with Crippen LogP contribution in [-0.2, 0) is 14.3 Å². The number of halogens is 2. The molecule has 0 aliphatic carbocycles. The molecule has 0 radical (unpaired) electrons. The van der Waals surface area contributed by atoms with Crippen molar-refractivity contribution in [2.75, 3.05) is 5.32 Å². The third kappa shape index (κ3) is 3.99. The third-order valence-corrected chi connectivity index (χ3v) is 3.95. The van der Waals surface area contributed by atoms with Crippen molar-refractivity contribution in [1.29, 1.82) is 0 Å². The molecule has 3 rings (SSSR count). The van der Waals surface area contributed by atoms with Crippen molar-refractivity contribution in [3.8, 4) is 11.5 Å². The van der Waals surface area contributed by atoms with E-state index in [1.165, 1.54) is 13.0 Å². The van der Waals surface area contributed by atoms with Crippen molar-refractivity contribution in [3.05, 3.63) is 54.1 Å². The van der Waals surface area contributed by atoms with Crippen LogP contribution in [-0.4, -0.2) is 30.2 Å². The molecule has 142 valence electrons. The lowest BCUT2D eigenvalue weighted by Gasteiger charge is -2.31. The van der Waals surface area contributed by atoms with Crippen LogP contribution in [0, 0.1) is 11.6 Å². The Labute approximate surface area is 154 Å². The van der Waals surface area contributed by atoms with Crippen LogP contribution in [0.4, 0.5) is 14.5 Å². The standard InChI is InChI=1S/C19H17F2NO5/c1-10-17(27-15-9-4-3-8-14(15)25-10)19(24)26-11(2)18(23)22-16-12(20)6-5-7-13(16)21/h3-11,17H,1-2H3,(H,22,23). The summed E-state index contributed by atoms with van der Waals surface area (Å²) in [4.78, 5) is 24.5. The van der Waals surface area contributed by atoms with Gasteiger partial charge in [-0.3, -0.25) is 4.79 Å². The van der Waals surface area contributed by atoms with Crippen LogP contribution in [0.3, 0.4) is 0 Å². The lowest BCUT2D eigenvalue weighted by Crippen LogP contribution is -2.46. The molecule has 8 heteroatoms. The van der Waals surface area contributed by atoms with Gasteiger partial charge in [-0.05, 0) is 38.1 Å². The number of ether oxygens (including phenoxy) is 3. The zero-order valence-electron chi connectivity index (χ0n) is 14.6. The van der Waals surface area contributed by atoms with Crippen molar-refractivity contribution in [2.24, 2.45) is 0 Å². The molecule has 0 fully saturated rings. The van der Waals surface area contributed by atoms with Crippen LogP contribution in [0.5, 0.6) is 11.5 Å². The van der Waals surface area contributed by atoms with Gasteiger partial charge in [-0.15, -0.1) is 0 Å². The number of amides is 1. The van der Waals surface area contributed by atoms with Gasteiger partial charge >= 0.3 is 5.97 Å². The van der Waals surface area contributed by atoms with Crippen LogP contribution in [0.15, 0.2) is 42.5 Å². The van der Waals surface area contributed by atoms with Crippen molar-refractivity contribution in [1.82, 2.24) is 0 Å². The molecule has 1 N–H and O–H groups in total. The molecule has 1 amide bonds. The molecule has 3 unspecified atom stereocenters. The molecule has 27 heavy (non-hydrogen) atoms. The maximum absolute atomic E-state index is 13.6. The Morgan fingerprint density at radius 3 is 2.26 bits per heavy atom. The van der Waals surface area contributed by atoms with Crippen molar-refractivity contribution in [2.45, 2.75) is 32.2 Å². The third-order valence-electron chi connectivity index (χ3n) is 3.95. The molecular formula is C19H17F2NO5. The molecule has 0 saturated carbocycles. The maximum atomic E-state index is 13.6. The number of carbonyl (C=O) groups excluding carboxylic acids is 2. The number of fused-ring (bicyclic) bond motifs is 1. The summed E-state index contributed by atoms with van der Waals surface area (Å²) in [6.07, 6.45) is -3.03. The molecule has 0 aromatic heterocycles. The highest BCUT2D eigenvalue weighted by Crippen LogP contribution is 2.33. The first-order valence-electron chi connectivity index (χ1n) is 8.24. The summed E-state index contributed by atoms with van der Waals surface area (Å²) in [6, 6.07) is 10.00. The maximum Gasteiger partial charge on any atom is 0.352 e. The van der Waals surface area contributed by atoms with E-state index < -0.39 is 47.5 Å². The summed E-state index contributed by atoms with van der Waals surface area (Å²) in [5, 5.41) is 2.08. The number of carbonyl (C=O) groups is 2. The first kappa shape index (κ1) is 18.6. The Morgan fingerprint density at radius 1 is 1.04 bits per heavy atom. The Morgan fingerprint density at radius 2 is 1.63 bits per heavy atom. The first-order valence-corrected chi connectivity index (χ1v) is 8.24. The van der Waals surface area contributed by atoms with Gasteiger partial charge in [0, 0.05) is 0 Å². The number of esters is 1. The monoisotopic (exact) mass is 377 g/mol. The van der Waals surface area contributed by atoms with Gasteiger partial charge in [-0.25, -0.2) is 13.6 Å². The number of nitrogens with one attached hydrogen (secondary N) is 1. The second-order valence-electron chi connectivity index (χ2n) is 5.97. The van der Waals surface area contributed by atoms with Crippen molar-refractivity contribution in [3.63, 3.8) is 0 Å². The summed E-state index contributed by atoms with van der Waals surface area (Å²) in [7, 11) is 0. The highest BCUT2D eigenvalue weighted by molar-refractivity contribution is 5.95. The van der Waals surface area contributed by atoms with E-state index in [9.17, 15) is 18.4 Å². The average molecular weight is 377 g/mol. The van der Waals surface area contributed by atoms with E-state index in [1.54, 1.807) is 31.2 Å². The van der Waals surface area contributed by atoms with Crippen LogP contribution >= 0.6 is 0 Å². The Hall–Kier alpha value is -3.16. The number of anilines is 1. The van der Waals surface area contributed by atoms with E-state index in [0.717, 1.165) is 12.1 Å². The minimum absolute atomic E-state index is 0.378. The highest BCUT2D eigenvalue weighted by atomic mass is 19.1. The fourth-order valence-corrected chi connectivity index (χ4v) is 2.52. The zero-order chi connectivity index (χ0) is 19.6. The fraction of sp³-hybridized carbons (Fsp3) is 0.263. The van der Waals surface area contributed by atoms with E-state index in [2.05, 4.69) is 5.32 Å². The minimum atomic E-state index is -1.30. The second-order valence-corrected chi connectivity index (χ2v) is 5.97. The van der Waals surface area contributed by atoms with Crippen LogP contribution < -0.4 is 14.8 Å². The molecule has 1 aliphatic rings. The quantitative estimate of drug-likeness (QED) is 0.829. The zero-order valence-corrected chi connectivity index (χ0v) is 14.6. The fourth-order valence-electron chi connectivity index (χ4n) is 2.52. The molecular weight excluding hydrogens is 360 g/mol. The minimum Gasteiger partial charge on any atom is -0.482 e. The molecule has 0 saturated heterocycles. The predicted octanol–water partition coefficient (Wildman–Crippen LogP) is 3.06. The van der Waals surface area contributed by atoms with E-state index >= 15 is 0 Å². The smallest absolute Gasteiger partial charge is 0.352 e. The topological polar surface area (TPSA) is 73.9 Å². The Balaban J connectivity index is 1.64. The average Bonchev–Trinajstić information content (AvgIpc) is 2.63. The Bertz CT molecular complexity index is 853. The number of rotatable bonds is 4. The van der Waals surface area contributed by atoms with Crippen molar-refractivity contribution < 1.29 is 32.6 Å².